The number of hydrogen-bond acceptors (Lipinski definition) is 2. The Morgan fingerprint density at radius 2 is 2.38 bits per heavy atom. The van der Waals surface area contributed by atoms with Crippen LogP contribution >= 0.6 is 7.86 Å². The van der Waals surface area contributed by atoms with Crippen LogP contribution in [-0.4, -0.2) is 26.8 Å². The summed E-state index contributed by atoms with van der Waals surface area (Å²) in [6.45, 7) is 3.71. The highest BCUT2D eigenvalue weighted by Crippen LogP contribution is 2.04. The fraction of sp³-hybridized carbons (Fsp3) is 1.00. The Morgan fingerprint density at radius 3 is 2.75 bits per heavy atom. The maximum absolute atomic E-state index is 5.40. The Labute approximate surface area is 51.2 Å². The van der Waals surface area contributed by atoms with E-state index in [0.717, 1.165) is 13.1 Å². The molecular weight excluding hydrogens is 121 g/mol. The first kappa shape index (κ1) is 8.02. The zero-order valence-electron chi connectivity index (χ0n) is 5.39. The van der Waals surface area contributed by atoms with E-state index < -0.39 is 7.86 Å². The van der Waals surface area contributed by atoms with E-state index in [0.29, 0.717) is 0 Å². The maximum Gasteiger partial charge on any atom is 0.286 e. The maximum atomic E-state index is 5.40. The van der Waals surface area contributed by atoms with E-state index in [-0.39, 0.29) is 0 Å². The first-order valence-electron chi connectivity index (χ1n) is 2.58. The number of hydrogen-bond donors (Lipinski definition) is 2. The fourth-order valence-corrected chi connectivity index (χ4v) is 0.735. The van der Waals surface area contributed by atoms with E-state index in [4.69, 9.17) is 5.50 Å². The summed E-state index contributed by atoms with van der Waals surface area (Å²) in [6, 6.07) is 0. The van der Waals surface area contributed by atoms with Crippen molar-refractivity contribution in [1.82, 2.24) is 5.32 Å². The summed E-state index contributed by atoms with van der Waals surface area (Å²) < 4.78 is 4.09. The largest absolute Gasteiger partial charge is 0.318 e. The van der Waals surface area contributed by atoms with Gasteiger partial charge in [-0.15, -0.1) is 5.50 Å². The van der Waals surface area contributed by atoms with Crippen LogP contribution in [0.5, 0.6) is 0 Å². The molecule has 8 heavy (non-hydrogen) atoms. The second-order valence-electron chi connectivity index (χ2n) is 1.54. The van der Waals surface area contributed by atoms with Crippen LogP contribution in [0.15, 0.2) is 4.74 Å². The van der Waals surface area contributed by atoms with Crippen LogP contribution in [0.4, 0.5) is 0 Å². The number of nitrogens with zero attached hydrogens (tertiary/aromatic N) is 1. The SMILES string of the molecule is CNCCN=[P+](C)N. The second kappa shape index (κ2) is 5.16. The van der Waals surface area contributed by atoms with Crippen LogP contribution in [0.2, 0.25) is 0 Å². The highest BCUT2D eigenvalue weighted by molar-refractivity contribution is 7.43. The molecule has 4 heteroatoms. The third kappa shape index (κ3) is 6.02. The number of nitrogens with one attached hydrogen (secondary N) is 1. The third-order valence-corrected chi connectivity index (χ3v) is 1.33. The lowest BCUT2D eigenvalue weighted by Crippen LogP contribution is -2.09. The molecule has 1 unspecified atom stereocenters. The first-order valence-corrected chi connectivity index (χ1v) is 4.39. The first-order chi connectivity index (χ1) is 3.77. The summed E-state index contributed by atoms with van der Waals surface area (Å²) in [6.07, 6.45) is 0. The minimum atomic E-state index is -0.527. The smallest absolute Gasteiger partial charge is 0.286 e. The minimum absolute atomic E-state index is 0.527. The van der Waals surface area contributed by atoms with Gasteiger partial charge < -0.3 is 5.32 Å². The van der Waals surface area contributed by atoms with Gasteiger partial charge in [0.1, 0.15) is 6.66 Å². The van der Waals surface area contributed by atoms with Crippen molar-refractivity contribution in [3.63, 3.8) is 0 Å². The van der Waals surface area contributed by atoms with E-state index >= 15 is 0 Å². The standard InChI is InChI=1S/C4H13N3P/c1-6-3-4-7-8(2)5/h6H,3-4H2,1-2H3,(H2,5,7)/q+1. The molecule has 0 rings (SSSR count). The summed E-state index contributed by atoms with van der Waals surface area (Å²) in [5, 5.41) is 2.98. The molecule has 0 aromatic carbocycles. The summed E-state index contributed by atoms with van der Waals surface area (Å²) in [7, 11) is 1.38. The highest BCUT2D eigenvalue weighted by atomic mass is 31.1. The van der Waals surface area contributed by atoms with Crippen molar-refractivity contribution in [1.29, 1.82) is 0 Å². The van der Waals surface area contributed by atoms with Crippen molar-refractivity contribution in [3.8, 4) is 0 Å². The fourth-order valence-electron chi connectivity index (χ4n) is 0.320. The van der Waals surface area contributed by atoms with Crippen LogP contribution < -0.4 is 10.8 Å². The van der Waals surface area contributed by atoms with Gasteiger partial charge >= 0.3 is 0 Å². The van der Waals surface area contributed by atoms with Gasteiger partial charge in [0.25, 0.3) is 7.86 Å². The van der Waals surface area contributed by atoms with Crippen molar-refractivity contribution in [3.05, 3.63) is 0 Å². The van der Waals surface area contributed by atoms with Gasteiger partial charge in [-0.1, -0.05) is 4.74 Å². The summed E-state index contributed by atoms with van der Waals surface area (Å²) >= 11 is 0. The number of rotatable bonds is 3. The highest BCUT2D eigenvalue weighted by Gasteiger charge is 1.88. The molecule has 1 atom stereocenters. The zero-order valence-corrected chi connectivity index (χ0v) is 6.28. The van der Waals surface area contributed by atoms with Crippen molar-refractivity contribution in [2.24, 2.45) is 10.2 Å². The van der Waals surface area contributed by atoms with Gasteiger partial charge in [-0.05, 0) is 7.05 Å². The van der Waals surface area contributed by atoms with Gasteiger partial charge in [-0.2, -0.15) is 0 Å². The van der Waals surface area contributed by atoms with E-state index in [9.17, 15) is 0 Å². The van der Waals surface area contributed by atoms with Crippen LogP contribution in [0.1, 0.15) is 0 Å². The predicted molar refractivity (Wildman–Crippen MR) is 38.3 cm³/mol. The molecule has 0 radical (unpaired) electrons. The van der Waals surface area contributed by atoms with Crippen molar-refractivity contribution in [2.45, 2.75) is 0 Å². The molecule has 0 aromatic rings. The average molecular weight is 134 g/mol. The van der Waals surface area contributed by atoms with Gasteiger partial charge in [0.05, 0.1) is 6.54 Å². The Hall–Kier alpha value is 0.0200. The van der Waals surface area contributed by atoms with E-state index in [1.54, 1.807) is 0 Å². The van der Waals surface area contributed by atoms with Crippen LogP contribution in [0.3, 0.4) is 0 Å². The molecule has 0 fully saturated rings. The molecule has 0 bridgehead atoms. The molecule has 0 heterocycles. The summed E-state index contributed by atoms with van der Waals surface area (Å²) in [5.74, 6) is 0. The second-order valence-corrected chi connectivity index (χ2v) is 2.97. The van der Waals surface area contributed by atoms with Gasteiger partial charge in [0, 0.05) is 6.54 Å². The summed E-state index contributed by atoms with van der Waals surface area (Å²) in [4.78, 5) is 0. The van der Waals surface area contributed by atoms with Gasteiger partial charge in [0.2, 0.25) is 0 Å². The van der Waals surface area contributed by atoms with Crippen molar-refractivity contribution in [2.75, 3.05) is 26.8 Å². The lowest BCUT2D eigenvalue weighted by Gasteiger charge is -1.85. The quantitative estimate of drug-likeness (QED) is 0.433. The zero-order chi connectivity index (χ0) is 6.41. The Morgan fingerprint density at radius 1 is 1.75 bits per heavy atom. The molecule has 3 nitrogen and oxygen atoms in total. The molecule has 0 aromatic heterocycles. The molecule has 0 amide bonds. The normalized spacial score (nSPS) is 12.1. The Balaban J connectivity index is 3.03. The number of likely N-dealkylation sites (N-methyl/N-ethyl adjacent to an activating group) is 1. The number of nitrogens with two attached hydrogens (primary N) is 1. The Kier molecular flexibility index (Phi) is 5.18. The molecule has 48 valence electrons. The molecule has 0 aliphatic heterocycles. The van der Waals surface area contributed by atoms with Crippen LogP contribution in [0.25, 0.3) is 0 Å². The van der Waals surface area contributed by atoms with E-state index in [2.05, 4.69) is 10.1 Å². The van der Waals surface area contributed by atoms with Gasteiger partial charge in [-0.3, -0.25) is 0 Å². The molecule has 0 aliphatic carbocycles. The van der Waals surface area contributed by atoms with Crippen molar-refractivity contribution < 1.29 is 0 Å². The van der Waals surface area contributed by atoms with E-state index in [1.165, 1.54) is 0 Å². The molecular formula is C4H13N3P+. The minimum Gasteiger partial charge on any atom is -0.318 e. The lowest BCUT2D eigenvalue weighted by atomic mass is 10.7. The van der Waals surface area contributed by atoms with Gasteiger partial charge in [-0.25, -0.2) is 0 Å². The monoisotopic (exact) mass is 134 g/mol. The molecule has 3 N–H and O–H groups in total. The summed E-state index contributed by atoms with van der Waals surface area (Å²) in [5.41, 5.74) is 5.40. The third-order valence-electron chi connectivity index (χ3n) is 0.685. The predicted octanol–water partition coefficient (Wildman–Crippen LogP) is 0.375. The van der Waals surface area contributed by atoms with Crippen molar-refractivity contribution >= 4 is 7.86 Å². The van der Waals surface area contributed by atoms with Gasteiger partial charge in [0.15, 0.2) is 0 Å². The Bertz CT molecular complexity index is 77.4. The van der Waals surface area contributed by atoms with E-state index in [1.807, 2.05) is 13.7 Å². The van der Waals surface area contributed by atoms with Crippen LogP contribution in [0, 0.1) is 0 Å². The van der Waals surface area contributed by atoms with Crippen LogP contribution in [-0.2, 0) is 0 Å². The topological polar surface area (TPSA) is 50.4 Å². The molecule has 0 saturated carbocycles. The molecule has 0 saturated heterocycles. The lowest BCUT2D eigenvalue weighted by molar-refractivity contribution is 0.807. The average Bonchev–Trinajstić information content (AvgIpc) is 1.66. The molecule has 0 spiro atoms. The molecule has 0 aliphatic rings.